The van der Waals surface area contributed by atoms with E-state index in [0.29, 0.717) is 34.1 Å². The minimum Gasteiger partial charge on any atom is -0.497 e. The molecule has 0 atom stereocenters. The quantitative estimate of drug-likeness (QED) is 0.0940. The monoisotopic (exact) mass is 1130 g/mol. The summed E-state index contributed by atoms with van der Waals surface area (Å²) >= 11 is 0. The lowest BCUT2D eigenvalue weighted by Crippen LogP contribution is -2.48. The van der Waals surface area contributed by atoms with Crippen molar-refractivity contribution < 1.29 is 37.3 Å². The van der Waals surface area contributed by atoms with Gasteiger partial charge >= 0.3 is 15.1 Å². The van der Waals surface area contributed by atoms with Crippen LogP contribution in [0.25, 0.3) is 11.1 Å². The Bertz CT molecular complexity index is 3240. The van der Waals surface area contributed by atoms with E-state index in [1.165, 1.54) is 0 Å². The topological polar surface area (TPSA) is 73.8 Å². The highest BCUT2D eigenvalue weighted by atomic mass is 31.2. The zero-order valence-electron chi connectivity index (χ0n) is 48.7. The molecule has 2 aliphatic heterocycles. The van der Waals surface area contributed by atoms with Gasteiger partial charge in [0.15, 0.2) is 22.4 Å². The van der Waals surface area contributed by atoms with Gasteiger partial charge in [-0.15, -0.1) is 0 Å². The first-order valence-electron chi connectivity index (χ1n) is 28.5. The summed E-state index contributed by atoms with van der Waals surface area (Å²) in [4.78, 5) is 0. The van der Waals surface area contributed by atoms with Crippen LogP contribution in [0, 0.1) is 0 Å². The Morgan fingerprint density at radius 3 is 0.845 bits per heavy atom. The maximum atomic E-state index is 7.83. The van der Waals surface area contributed by atoms with Crippen molar-refractivity contribution in [1.29, 1.82) is 0 Å². The van der Waals surface area contributed by atoms with E-state index in [0.717, 1.165) is 55.6 Å². The van der Waals surface area contributed by atoms with E-state index in [1.807, 2.05) is 170 Å². The van der Waals surface area contributed by atoms with Crippen LogP contribution in [0.4, 0.5) is 0 Å². The van der Waals surface area contributed by atoms with Gasteiger partial charge in [-0.25, -0.2) is 0 Å². The highest BCUT2D eigenvalue weighted by Crippen LogP contribution is 2.71. The van der Waals surface area contributed by atoms with Crippen LogP contribution in [0.15, 0.2) is 267 Å². The predicted octanol–water partition coefficient (Wildman–Crippen LogP) is 18.1. The third kappa shape index (κ3) is 9.57. The second-order valence-electron chi connectivity index (χ2n) is 23.4. The fraction of sp³-hybridized carbons (Fsp3) is 0.200. The molecule has 2 fully saturated rings. The Balaban J connectivity index is 1.10. The molecule has 0 unspecified atom stereocenters. The van der Waals surface area contributed by atoms with Gasteiger partial charge in [0, 0.05) is 22.3 Å². The highest BCUT2D eigenvalue weighted by Gasteiger charge is 2.68. The molecule has 422 valence electrons. The third-order valence-corrected chi connectivity index (χ3v) is 17.5. The van der Waals surface area contributed by atoms with Crippen LogP contribution in [0.2, 0.25) is 0 Å². The summed E-state index contributed by atoms with van der Waals surface area (Å²) in [6, 6.07) is 90.8. The Kier molecular flexibility index (Phi) is 15.2. The minimum atomic E-state index is -2.33. The van der Waals surface area contributed by atoms with E-state index >= 15 is 0 Å². The van der Waals surface area contributed by atoms with E-state index in [-0.39, 0.29) is 0 Å². The normalized spacial score (nSPS) is 16.4. The average molecular weight is 1130 g/mol. The van der Waals surface area contributed by atoms with Crippen molar-refractivity contribution >= 4 is 8.60 Å². The lowest BCUT2D eigenvalue weighted by Gasteiger charge is -2.44. The van der Waals surface area contributed by atoms with Crippen molar-refractivity contribution in [3.8, 4) is 34.1 Å². The van der Waals surface area contributed by atoms with E-state index in [2.05, 4.69) is 139 Å². The lowest BCUT2D eigenvalue weighted by atomic mass is 9.66. The van der Waals surface area contributed by atoms with Crippen LogP contribution in [-0.4, -0.2) is 20.7 Å². The summed E-state index contributed by atoms with van der Waals surface area (Å²) < 4.78 is 59.2. The third-order valence-electron chi connectivity index (χ3n) is 16.3. The van der Waals surface area contributed by atoms with Crippen LogP contribution in [0.1, 0.15) is 97.2 Å². The molecule has 2 saturated heterocycles. The van der Waals surface area contributed by atoms with Crippen LogP contribution in [0.3, 0.4) is 0 Å². The van der Waals surface area contributed by atoms with Crippen LogP contribution < -0.4 is 18.7 Å². The van der Waals surface area contributed by atoms with Gasteiger partial charge in [-0.2, -0.15) is 0 Å². The Labute approximate surface area is 495 Å². The van der Waals surface area contributed by atoms with Gasteiger partial charge in [0.25, 0.3) is 0 Å². The summed E-state index contributed by atoms with van der Waals surface area (Å²) in [5, 5.41) is 0. The van der Waals surface area contributed by atoms with E-state index in [4.69, 9.17) is 37.3 Å². The van der Waals surface area contributed by atoms with Crippen molar-refractivity contribution in [3.05, 3.63) is 323 Å². The second-order valence-corrected chi connectivity index (χ2v) is 24.4. The summed E-state index contributed by atoms with van der Waals surface area (Å²) in [6.45, 7) is 11.7. The number of methoxy groups -OCH3 is 2. The molecule has 12 rings (SSSR count). The standard InChI is InChI=1S/C75H69O8P/c1-70(2,3)65-51-61(76-7)49-63(67(65)78-69-79-72(53-33-17-9-18-34-53,54-35-19-10-20-36-54)73(80-69,55-37-21-11-22-38-55)56-39-23-12-24-40-56)64-50-62(77-8)52-66(71(4,5)6)68(64)81-84-82-74(57-41-25-13-26-42-57,58-43-27-14-28-44-58)75(83-84,59-45-29-15-30-46-59)60-47-31-16-32-48-60/h9-52,69H,1-8H3. The van der Waals surface area contributed by atoms with Gasteiger partial charge in [0.05, 0.1) is 14.2 Å². The van der Waals surface area contributed by atoms with Gasteiger partial charge in [0.1, 0.15) is 23.0 Å². The number of benzene rings is 10. The molecule has 0 N–H and O–H groups in total. The van der Waals surface area contributed by atoms with E-state index < -0.39 is 48.3 Å². The summed E-state index contributed by atoms with van der Waals surface area (Å²) in [7, 11) is 1.04. The van der Waals surface area contributed by atoms with E-state index in [1.54, 1.807) is 14.2 Å². The molecule has 0 saturated carbocycles. The fourth-order valence-corrected chi connectivity index (χ4v) is 14.0. The minimum absolute atomic E-state index is 0.491. The molecule has 10 aromatic rings. The molecule has 2 heterocycles. The smallest absolute Gasteiger partial charge is 0.400 e. The second kappa shape index (κ2) is 22.7. The number of ether oxygens (including phenoxy) is 5. The molecule has 0 amide bonds. The Morgan fingerprint density at radius 2 is 0.583 bits per heavy atom. The van der Waals surface area contributed by atoms with Gasteiger partial charge in [-0.05, 0) is 79.6 Å². The van der Waals surface area contributed by atoms with Crippen molar-refractivity contribution in [2.75, 3.05) is 14.2 Å². The van der Waals surface area contributed by atoms with Crippen molar-refractivity contribution in [2.24, 2.45) is 0 Å². The molecule has 84 heavy (non-hydrogen) atoms. The number of rotatable bonds is 15. The first-order chi connectivity index (χ1) is 40.8. The SMILES string of the molecule is COc1cc(-c2cc(OC)cc(C(C)(C)C)c2OP2OC(c3ccccc3)(c3ccccc3)C(c3ccccc3)(c3ccccc3)O2)c(OC2OC(c3ccccc3)(c3ccccc3)C(c3ccccc3)(c3ccccc3)O2)c(C(C)(C)C)c1. The van der Waals surface area contributed by atoms with Crippen molar-refractivity contribution in [2.45, 2.75) is 81.3 Å². The molecule has 0 bridgehead atoms. The lowest BCUT2D eigenvalue weighted by molar-refractivity contribution is -0.207. The molecular formula is C75H69O8P. The zero-order chi connectivity index (χ0) is 58.2. The largest absolute Gasteiger partial charge is 0.497 e. The first-order valence-corrected chi connectivity index (χ1v) is 29.6. The summed E-state index contributed by atoms with van der Waals surface area (Å²) in [6.07, 6.45) is 0. The average Bonchev–Trinajstić information content (AvgIpc) is 1.81. The van der Waals surface area contributed by atoms with Gasteiger partial charge in [-0.1, -0.05) is 284 Å². The van der Waals surface area contributed by atoms with Crippen LogP contribution in [-0.2, 0) is 51.8 Å². The molecule has 0 aromatic heterocycles. The summed E-state index contributed by atoms with van der Waals surface area (Å²) in [5.41, 5.74) is 3.68. The van der Waals surface area contributed by atoms with Crippen LogP contribution >= 0.6 is 8.60 Å². The molecule has 0 radical (unpaired) electrons. The molecule has 10 aromatic carbocycles. The molecular weight excluding hydrogens is 1060 g/mol. The Hall–Kier alpha value is -8.33. The van der Waals surface area contributed by atoms with Gasteiger partial charge in [0.2, 0.25) is 0 Å². The molecule has 0 aliphatic carbocycles. The number of hydrogen-bond donors (Lipinski definition) is 0. The molecule has 2 aliphatic rings. The van der Waals surface area contributed by atoms with E-state index in [9.17, 15) is 0 Å². The molecule has 8 nitrogen and oxygen atoms in total. The first kappa shape index (κ1) is 56.2. The van der Waals surface area contributed by atoms with Crippen molar-refractivity contribution in [3.63, 3.8) is 0 Å². The van der Waals surface area contributed by atoms with Crippen LogP contribution in [0.5, 0.6) is 23.0 Å². The highest BCUT2D eigenvalue weighted by molar-refractivity contribution is 7.42. The maximum Gasteiger partial charge on any atom is 0.400 e. The predicted molar refractivity (Wildman–Crippen MR) is 333 cm³/mol. The zero-order valence-corrected chi connectivity index (χ0v) is 49.6. The fourth-order valence-electron chi connectivity index (χ4n) is 12.4. The molecule has 0 spiro atoms. The van der Waals surface area contributed by atoms with Gasteiger partial charge in [-0.3, -0.25) is 18.5 Å². The summed E-state index contributed by atoms with van der Waals surface area (Å²) in [5.74, 6) is 2.21. The van der Waals surface area contributed by atoms with Gasteiger partial charge < -0.3 is 18.7 Å². The Morgan fingerprint density at radius 1 is 0.333 bits per heavy atom. The maximum absolute atomic E-state index is 7.83. The number of hydrogen-bond acceptors (Lipinski definition) is 8. The molecule has 9 heteroatoms. The van der Waals surface area contributed by atoms with Crippen molar-refractivity contribution in [1.82, 2.24) is 0 Å².